The van der Waals surface area contributed by atoms with Gasteiger partial charge in [-0.1, -0.05) is 18.2 Å². The molecule has 4 rings (SSSR count). The number of hydrogen-bond donors (Lipinski definition) is 1. The van der Waals surface area contributed by atoms with Gasteiger partial charge in [0, 0.05) is 24.3 Å². The van der Waals surface area contributed by atoms with E-state index in [9.17, 15) is 0 Å². The minimum Gasteiger partial charge on any atom is -0.384 e. The summed E-state index contributed by atoms with van der Waals surface area (Å²) in [5.41, 5.74) is 6.92. The molecule has 90 valence electrons. The van der Waals surface area contributed by atoms with E-state index in [2.05, 4.69) is 34.6 Å². The lowest BCUT2D eigenvalue weighted by atomic mass is 9.95. The highest BCUT2D eigenvalue weighted by Crippen LogP contribution is 2.38. The number of aryl methyl sites for hydroxylation is 1. The molecule has 0 saturated carbocycles. The summed E-state index contributed by atoms with van der Waals surface area (Å²) < 4.78 is 0. The number of aromatic nitrogens is 1. The molecule has 2 heterocycles. The fraction of sp³-hybridized carbons (Fsp3) is 0.312. The number of nitrogens with one attached hydrogen (secondary N) is 1. The summed E-state index contributed by atoms with van der Waals surface area (Å²) in [6, 6.07) is 11.2. The van der Waals surface area contributed by atoms with E-state index in [4.69, 9.17) is 0 Å². The van der Waals surface area contributed by atoms with Crippen LogP contribution in [-0.4, -0.2) is 11.5 Å². The number of benzene rings is 1. The second kappa shape index (κ2) is 3.84. The number of pyridine rings is 1. The molecule has 0 saturated heterocycles. The Hall–Kier alpha value is -1.83. The fourth-order valence-corrected chi connectivity index (χ4v) is 3.26. The van der Waals surface area contributed by atoms with Crippen LogP contribution in [0.5, 0.6) is 0 Å². The smallest absolute Gasteiger partial charge is 0.0510 e. The zero-order valence-electron chi connectivity index (χ0n) is 10.3. The maximum atomic E-state index is 4.59. The SMILES string of the molecule is c1cnc2c(c1)CCC2c1ccc2c(c1)NCC2. The minimum atomic E-state index is 0.494. The quantitative estimate of drug-likeness (QED) is 0.823. The molecule has 0 radical (unpaired) electrons. The van der Waals surface area contributed by atoms with E-state index in [0.29, 0.717) is 5.92 Å². The van der Waals surface area contributed by atoms with Gasteiger partial charge in [-0.3, -0.25) is 4.98 Å². The molecule has 1 aliphatic heterocycles. The van der Waals surface area contributed by atoms with Crippen molar-refractivity contribution in [1.82, 2.24) is 4.98 Å². The Bertz CT molecular complexity index is 604. The molecule has 2 aliphatic rings. The third-order valence-corrected chi connectivity index (χ3v) is 4.20. The van der Waals surface area contributed by atoms with E-state index in [0.717, 1.165) is 13.0 Å². The molecule has 1 aromatic heterocycles. The normalized spacial score (nSPS) is 20.3. The van der Waals surface area contributed by atoms with Crippen molar-refractivity contribution in [3.63, 3.8) is 0 Å². The average Bonchev–Trinajstić information content (AvgIpc) is 3.04. The maximum Gasteiger partial charge on any atom is 0.0510 e. The lowest BCUT2D eigenvalue weighted by molar-refractivity contribution is 0.772. The standard InChI is InChI=1S/C16H16N2/c1-2-12-5-6-14(16(12)18-8-1)13-4-3-11-7-9-17-15(11)10-13/h1-4,8,10,14,17H,5-7,9H2. The van der Waals surface area contributed by atoms with Gasteiger partial charge in [0.15, 0.2) is 0 Å². The molecule has 1 aromatic carbocycles. The van der Waals surface area contributed by atoms with Gasteiger partial charge in [0.05, 0.1) is 5.69 Å². The average molecular weight is 236 g/mol. The second-order valence-electron chi connectivity index (χ2n) is 5.23. The van der Waals surface area contributed by atoms with Crippen molar-refractivity contribution in [2.45, 2.75) is 25.2 Å². The van der Waals surface area contributed by atoms with E-state index < -0.39 is 0 Å². The molecule has 1 N–H and O–H groups in total. The lowest BCUT2D eigenvalue weighted by Gasteiger charge is -2.12. The van der Waals surface area contributed by atoms with Gasteiger partial charge in [0.25, 0.3) is 0 Å². The van der Waals surface area contributed by atoms with Gasteiger partial charge < -0.3 is 5.32 Å². The Morgan fingerprint density at radius 2 is 2.11 bits per heavy atom. The Morgan fingerprint density at radius 3 is 3.11 bits per heavy atom. The summed E-state index contributed by atoms with van der Waals surface area (Å²) in [5.74, 6) is 0.494. The van der Waals surface area contributed by atoms with Crippen molar-refractivity contribution in [2.24, 2.45) is 0 Å². The van der Waals surface area contributed by atoms with Crippen LogP contribution >= 0.6 is 0 Å². The molecule has 1 unspecified atom stereocenters. The van der Waals surface area contributed by atoms with E-state index in [1.165, 1.54) is 40.9 Å². The molecule has 18 heavy (non-hydrogen) atoms. The molecular weight excluding hydrogens is 220 g/mol. The largest absolute Gasteiger partial charge is 0.384 e. The van der Waals surface area contributed by atoms with E-state index in [1.807, 2.05) is 12.3 Å². The number of anilines is 1. The number of nitrogens with zero attached hydrogens (tertiary/aromatic N) is 1. The van der Waals surface area contributed by atoms with Crippen molar-refractivity contribution in [2.75, 3.05) is 11.9 Å². The monoisotopic (exact) mass is 236 g/mol. The first kappa shape index (κ1) is 10.1. The highest BCUT2D eigenvalue weighted by molar-refractivity contribution is 5.58. The molecule has 2 nitrogen and oxygen atoms in total. The first-order valence-corrected chi connectivity index (χ1v) is 6.72. The predicted octanol–water partition coefficient (Wildman–Crippen LogP) is 3.13. The molecular formula is C16H16N2. The molecule has 1 atom stereocenters. The third kappa shape index (κ3) is 1.45. The van der Waals surface area contributed by atoms with Crippen LogP contribution in [0.15, 0.2) is 36.5 Å². The maximum absolute atomic E-state index is 4.59. The Labute approximate surface area is 107 Å². The number of rotatable bonds is 1. The summed E-state index contributed by atoms with van der Waals surface area (Å²) in [6.07, 6.45) is 5.45. The van der Waals surface area contributed by atoms with Gasteiger partial charge in [-0.25, -0.2) is 0 Å². The van der Waals surface area contributed by atoms with Crippen LogP contribution in [0.1, 0.15) is 34.7 Å². The van der Waals surface area contributed by atoms with E-state index >= 15 is 0 Å². The first-order chi connectivity index (χ1) is 8.92. The van der Waals surface area contributed by atoms with Gasteiger partial charge in [0.2, 0.25) is 0 Å². The number of hydrogen-bond acceptors (Lipinski definition) is 2. The number of fused-ring (bicyclic) bond motifs is 2. The molecule has 0 spiro atoms. The third-order valence-electron chi connectivity index (χ3n) is 4.20. The molecule has 0 bridgehead atoms. The van der Waals surface area contributed by atoms with Crippen LogP contribution in [0.25, 0.3) is 0 Å². The molecule has 2 aromatic rings. The minimum absolute atomic E-state index is 0.494. The Morgan fingerprint density at radius 1 is 1.11 bits per heavy atom. The van der Waals surface area contributed by atoms with Crippen LogP contribution < -0.4 is 5.32 Å². The van der Waals surface area contributed by atoms with Gasteiger partial charge in [-0.15, -0.1) is 0 Å². The topological polar surface area (TPSA) is 24.9 Å². The van der Waals surface area contributed by atoms with Crippen LogP contribution in [0.3, 0.4) is 0 Å². The second-order valence-corrected chi connectivity index (χ2v) is 5.23. The summed E-state index contributed by atoms with van der Waals surface area (Å²) in [7, 11) is 0. The van der Waals surface area contributed by atoms with E-state index in [-0.39, 0.29) is 0 Å². The predicted molar refractivity (Wildman–Crippen MR) is 73.0 cm³/mol. The summed E-state index contributed by atoms with van der Waals surface area (Å²) >= 11 is 0. The van der Waals surface area contributed by atoms with Crippen molar-refractivity contribution >= 4 is 5.69 Å². The summed E-state index contributed by atoms with van der Waals surface area (Å²) in [6.45, 7) is 1.08. The van der Waals surface area contributed by atoms with Crippen LogP contribution in [0.2, 0.25) is 0 Å². The van der Waals surface area contributed by atoms with Crippen molar-refractivity contribution < 1.29 is 0 Å². The highest BCUT2D eigenvalue weighted by Gasteiger charge is 2.25. The first-order valence-electron chi connectivity index (χ1n) is 6.72. The van der Waals surface area contributed by atoms with Gasteiger partial charge in [-0.2, -0.15) is 0 Å². The highest BCUT2D eigenvalue weighted by atomic mass is 14.9. The molecule has 1 aliphatic carbocycles. The summed E-state index contributed by atoms with van der Waals surface area (Å²) in [5, 5.41) is 3.47. The molecule has 0 amide bonds. The Balaban J connectivity index is 1.77. The van der Waals surface area contributed by atoms with Crippen molar-refractivity contribution in [3.05, 3.63) is 58.9 Å². The van der Waals surface area contributed by atoms with Crippen molar-refractivity contribution in [3.8, 4) is 0 Å². The molecule has 0 fully saturated rings. The zero-order chi connectivity index (χ0) is 11.9. The van der Waals surface area contributed by atoms with E-state index in [1.54, 1.807) is 0 Å². The lowest BCUT2D eigenvalue weighted by Crippen LogP contribution is -1.99. The zero-order valence-corrected chi connectivity index (χ0v) is 10.3. The van der Waals surface area contributed by atoms with Gasteiger partial charge >= 0.3 is 0 Å². The van der Waals surface area contributed by atoms with Crippen LogP contribution in [0.4, 0.5) is 5.69 Å². The Kier molecular flexibility index (Phi) is 2.16. The fourth-order valence-electron chi connectivity index (χ4n) is 3.26. The van der Waals surface area contributed by atoms with Crippen LogP contribution in [-0.2, 0) is 12.8 Å². The van der Waals surface area contributed by atoms with Gasteiger partial charge in [0.1, 0.15) is 0 Å². The van der Waals surface area contributed by atoms with Crippen LogP contribution in [0, 0.1) is 0 Å². The van der Waals surface area contributed by atoms with Gasteiger partial charge in [-0.05, 0) is 48.1 Å². The van der Waals surface area contributed by atoms with Crippen molar-refractivity contribution in [1.29, 1.82) is 0 Å². The summed E-state index contributed by atoms with van der Waals surface area (Å²) in [4.78, 5) is 4.59. The molecule has 2 heteroatoms.